The van der Waals surface area contributed by atoms with Gasteiger partial charge in [-0.2, -0.15) is 0 Å². The van der Waals surface area contributed by atoms with Crippen LogP contribution in [-0.4, -0.2) is 60.4 Å². The van der Waals surface area contributed by atoms with Crippen molar-refractivity contribution in [2.45, 2.75) is 64.8 Å². The summed E-state index contributed by atoms with van der Waals surface area (Å²) in [6, 6.07) is 0.237. The number of hydrogen-bond donors (Lipinski definition) is 1. The first-order valence-electron chi connectivity index (χ1n) is 9.38. The minimum atomic E-state index is 0.0976. The Kier molecular flexibility index (Phi) is 7.34. The van der Waals surface area contributed by atoms with Gasteiger partial charge in [-0.15, -0.1) is 0 Å². The lowest BCUT2D eigenvalue weighted by Gasteiger charge is -2.34. The number of amides is 2. The van der Waals surface area contributed by atoms with E-state index >= 15 is 0 Å². The molecule has 1 heterocycles. The second kappa shape index (κ2) is 9.26. The normalized spacial score (nSPS) is 21.4. The van der Waals surface area contributed by atoms with E-state index in [2.05, 4.69) is 17.1 Å². The Labute approximate surface area is 140 Å². The van der Waals surface area contributed by atoms with Gasteiger partial charge in [0.2, 0.25) is 11.8 Å². The van der Waals surface area contributed by atoms with Crippen molar-refractivity contribution in [1.82, 2.24) is 15.1 Å². The molecule has 1 unspecified atom stereocenters. The van der Waals surface area contributed by atoms with Gasteiger partial charge in [0, 0.05) is 38.6 Å². The Hall–Kier alpha value is -1.10. The molecule has 5 heteroatoms. The largest absolute Gasteiger partial charge is 0.353 e. The zero-order valence-corrected chi connectivity index (χ0v) is 14.9. The lowest BCUT2D eigenvalue weighted by Crippen LogP contribution is -2.51. The maximum Gasteiger partial charge on any atom is 0.234 e. The SMILES string of the molecule is CCC(C)NC(=O)CN1CCN(C(=O)CCC2CCCC2)CC1. The molecule has 2 fully saturated rings. The molecule has 0 spiro atoms. The van der Waals surface area contributed by atoms with Gasteiger partial charge in [0.25, 0.3) is 0 Å². The van der Waals surface area contributed by atoms with Crippen LogP contribution in [0.5, 0.6) is 0 Å². The van der Waals surface area contributed by atoms with Crippen LogP contribution >= 0.6 is 0 Å². The highest BCUT2D eigenvalue weighted by atomic mass is 16.2. The summed E-state index contributed by atoms with van der Waals surface area (Å²) in [6.07, 6.45) is 8.04. The third-order valence-electron chi connectivity index (χ3n) is 5.35. The summed E-state index contributed by atoms with van der Waals surface area (Å²) in [7, 11) is 0. The molecule has 0 radical (unpaired) electrons. The Morgan fingerprint density at radius 1 is 1.13 bits per heavy atom. The number of carbonyl (C=O) groups is 2. The van der Waals surface area contributed by atoms with Crippen molar-refractivity contribution < 1.29 is 9.59 Å². The number of nitrogens with zero attached hydrogens (tertiary/aromatic N) is 2. The molecule has 1 aliphatic heterocycles. The highest BCUT2D eigenvalue weighted by Crippen LogP contribution is 2.28. The minimum Gasteiger partial charge on any atom is -0.353 e. The molecular weight excluding hydrogens is 290 g/mol. The monoisotopic (exact) mass is 323 g/mol. The molecule has 2 aliphatic rings. The molecule has 0 aromatic rings. The van der Waals surface area contributed by atoms with Crippen LogP contribution in [0.15, 0.2) is 0 Å². The highest BCUT2D eigenvalue weighted by molar-refractivity contribution is 5.78. The van der Waals surface area contributed by atoms with Gasteiger partial charge in [-0.05, 0) is 25.7 Å². The summed E-state index contributed by atoms with van der Waals surface area (Å²) in [5, 5.41) is 3.00. The van der Waals surface area contributed by atoms with E-state index in [1.807, 2.05) is 11.8 Å². The molecule has 132 valence electrons. The smallest absolute Gasteiger partial charge is 0.234 e. The van der Waals surface area contributed by atoms with Gasteiger partial charge in [-0.25, -0.2) is 0 Å². The molecule has 1 saturated carbocycles. The van der Waals surface area contributed by atoms with Crippen LogP contribution in [-0.2, 0) is 9.59 Å². The van der Waals surface area contributed by atoms with Crippen molar-refractivity contribution >= 4 is 11.8 Å². The van der Waals surface area contributed by atoms with Gasteiger partial charge in [-0.1, -0.05) is 32.6 Å². The fourth-order valence-corrected chi connectivity index (χ4v) is 3.57. The van der Waals surface area contributed by atoms with E-state index in [0.717, 1.165) is 44.9 Å². The summed E-state index contributed by atoms with van der Waals surface area (Å²) in [6.45, 7) is 7.70. The fourth-order valence-electron chi connectivity index (χ4n) is 3.57. The molecule has 1 aliphatic carbocycles. The second-order valence-electron chi connectivity index (χ2n) is 7.22. The van der Waals surface area contributed by atoms with Gasteiger partial charge in [0.15, 0.2) is 0 Å². The summed E-state index contributed by atoms with van der Waals surface area (Å²) in [5.41, 5.74) is 0. The second-order valence-corrected chi connectivity index (χ2v) is 7.22. The van der Waals surface area contributed by atoms with Gasteiger partial charge in [0.05, 0.1) is 6.54 Å². The quantitative estimate of drug-likeness (QED) is 0.780. The summed E-state index contributed by atoms with van der Waals surface area (Å²) < 4.78 is 0. The lowest BCUT2D eigenvalue weighted by atomic mass is 10.0. The van der Waals surface area contributed by atoms with Crippen molar-refractivity contribution in [2.75, 3.05) is 32.7 Å². The van der Waals surface area contributed by atoms with E-state index in [1.54, 1.807) is 0 Å². The van der Waals surface area contributed by atoms with Crippen molar-refractivity contribution in [3.63, 3.8) is 0 Å². The maximum absolute atomic E-state index is 12.3. The Balaban J connectivity index is 1.62. The first kappa shape index (κ1) is 18.2. The Morgan fingerprint density at radius 2 is 1.78 bits per heavy atom. The third-order valence-corrected chi connectivity index (χ3v) is 5.35. The number of piperazine rings is 1. The molecule has 0 bridgehead atoms. The first-order chi connectivity index (χ1) is 11.1. The molecule has 1 saturated heterocycles. The Morgan fingerprint density at radius 3 is 2.39 bits per heavy atom. The van der Waals surface area contributed by atoms with Crippen LogP contribution < -0.4 is 5.32 Å². The summed E-state index contributed by atoms with van der Waals surface area (Å²) in [4.78, 5) is 28.3. The summed E-state index contributed by atoms with van der Waals surface area (Å²) in [5.74, 6) is 1.19. The minimum absolute atomic E-state index is 0.0976. The predicted octanol–water partition coefficient (Wildman–Crippen LogP) is 2.02. The standard InChI is InChI=1S/C18H33N3O2/c1-3-15(2)19-17(22)14-20-10-12-21(13-11-20)18(23)9-8-16-6-4-5-7-16/h15-16H,3-14H2,1-2H3,(H,19,22). The van der Waals surface area contributed by atoms with Gasteiger partial charge in [0.1, 0.15) is 0 Å². The van der Waals surface area contributed by atoms with Gasteiger partial charge >= 0.3 is 0 Å². The van der Waals surface area contributed by atoms with Crippen LogP contribution in [0.2, 0.25) is 0 Å². The van der Waals surface area contributed by atoms with Crippen LogP contribution in [0.4, 0.5) is 0 Å². The topological polar surface area (TPSA) is 52.7 Å². The van der Waals surface area contributed by atoms with Gasteiger partial charge < -0.3 is 10.2 Å². The molecule has 0 aromatic carbocycles. The molecule has 0 aromatic heterocycles. The first-order valence-corrected chi connectivity index (χ1v) is 9.38. The Bertz CT molecular complexity index is 386. The zero-order valence-electron chi connectivity index (χ0n) is 14.9. The van der Waals surface area contributed by atoms with E-state index in [0.29, 0.717) is 18.9 Å². The lowest BCUT2D eigenvalue weighted by molar-refractivity contribution is -0.133. The molecule has 1 atom stereocenters. The van der Waals surface area contributed by atoms with E-state index in [4.69, 9.17) is 0 Å². The molecule has 1 N–H and O–H groups in total. The highest BCUT2D eigenvalue weighted by Gasteiger charge is 2.23. The van der Waals surface area contributed by atoms with Crippen LogP contribution in [0, 0.1) is 5.92 Å². The fraction of sp³-hybridized carbons (Fsp3) is 0.889. The molecule has 23 heavy (non-hydrogen) atoms. The van der Waals surface area contributed by atoms with Crippen molar-refractivity contribution in [3.05, 3.63) is 0 Å². The van der Waals surface area contributed by atoms with E-state index in [-0.39, 0.29) is 11.9 Å². The number of carbonyl (C=O) groups excluding carboxylic acids is 2. The van der Waals surface area contributed by atoms with Crippen LogP contribution in [0.1, 0.15) is 58.8 Å². The molecule has 2 amide bonds. The third kappa shape index (κ3) is 6.13. The number of hydrogen-bond acceptors (Lipinski definition) is 3. The van der Waals surface area contributed by atoms with Crippen LogP contribution in [0.3, 0.4) is 0 Å². The summed E-state index contributed by atoms with van der Waals surface area (Å²) >= 11 is 0. The zero-order chi connectivity index (χ0) is 16.7. The van der Waals surface area contributed by atoms with E-state index in [9.17, 15) is 9.59 Å². The molecular formula is C18H33N3O2. The van der Waals surface area contributed by atoms with Crippen molar-refractivity contribution in [2.24, 2.45) is 5.92 Å². The number of nitrogens with one attached hydrogen (secondary N) is 1. The predicted molar refractivity (Wildman–Crippen MR) is 92.1 cm³/mol. The average Bonchev–Trinajstić information content (AvgIpc) is 3.06. The van der Waals surface area contributed by atoms with Crippen molar-refractivity contribution in [1.29, 1.82) is 0 Å². The number of rotatable bonds is 7. The van der Waals surface area contributed by atoms with E-state index in [1.165, 1.54) is 25.7 Å². The van der Waals surface area contributed by atoms with Crippen molar-refractivity contribution in [3.8, 4) is 0 Å². The average molecular weight is 323 g/mol. The maximum atomic E-state index is 12.3. The van der Waals surface area contributed by atoms with E-state index < -0.39 is 0 Å². The molecule has 5 nitrogen and oxygen atoms in total. The molecule has 2 rings (SSSR count). The van der Waals surface area contributed by atoms with Gasteiger partial charge in [-0.3, -0.25) is 14.5 Å². The van der Waals surface area contributed by atoms with Crippen LogP contribution in [0.25, 0.3) is 0 Å².